The summed E-state index contributed by atoms with van der Waals surface area (Å²) in [4.78, 5) is -0.187. The summed E-state index contributed by atoms with van der Waals surface area (Å²) in [5, 5.41) is 18.0. The van der Waals surface area contributed by atoms with Crippen LogP contribution in [0.15, 0.2) is 23.1 Å². The second kappa shape index (κ2) is 5.47. The van der Waals surface area contributed by atoms with Gasteiger partial charge in [0.05, 0.1) is 16.7 Å². The van der Waals surface area contributed by atoms with Crippen molar-refractivity contribution in [2.24, 2.45) is 0 Å². The molecule has 17 heavy (non-hydrogen) atoms. The molecule has 1 unspecified atom stereocenters. The molecule has 0 fully saturated rings. The van der Waals surface area contributed by atoms with Crippen molar-refractivity contribution >= 4 is 21.6 Å². The Morgan fingerprint density at radius 1 is 1.59 bits per heavy atom. The maximum atomic E-state index is 11.8. The number of halogens is 1. The molecule has 92 valence electrons. The van der Waals surface area contributed by atoms with Crippen LogP contribution in [-0.2, 0) is 10.0 Å². The van der Waals surface area contributed by atoms with Gasteiger partial charge in [-0.3, -0.25) is 0 Å². The minimum absolute atomic E-state index is 0.0763. The zero-order valence-electron chi connectivity index (χ0n) is 9.01. The summed E-state index contributed by atoms with van der Waals surface area (Å²) in [6, 6.07) is 5.91. The van der Waals surface area contributed by atoms with E-state index in [1.807, 2.05) is 0 Å². The van der Waals surface area contributed by atoms with Gasteiger partial charge in [-0.15, -0.1) is 0 Å². The van der Waals surface area contributed by atoms with Crippen molar-refractivity contribution in [1.29, 1.82) is 5.26 Å². The van der Waals surface area contributed by atoms with E-state index in [9.17, 15) is 8.42 Å². The first-order valence-corrected chi connectivity index (χ1v) is 6.61. The third-order valence-corrected chi connectivity index (χ3v) is 3.73. The normalized spacial score (nSPS) is 13.1. The first-order valence-electron chi connectivity index (χ1n) is 4.75. The number of nitrogens with one attached hydrogen (secondary N) is 1. The SMILES string of the molecule is CC(O)CNS(=O)(=O)c1cccc(Cl)c1C#N. The van der Waals surface area contributed by atoms with Gasteiger partial charge in [-0.05, 0) is 19.1 Å². The average molecular weight is 275 g/mol. The van der Waals surface area contributed by atoms with Crippen LogP contribution in [0.25, 0.3) is 0 Å². The number of aliphatic hydroxyl groups excluding tert-OH is 1. The molecule has 0 saturated heterocycles. The molecule has 1 atom stereocenters. The second-order valence-corrected chi connectivity index (χ2v) is 5.57. The van der Waals surface area contributed by atoms with Crippen molar-refractivity contribution in [3.8, 4) is 6.07 Å². The predicted molar refractivity (Wildman–Crippen MR) is 63.0 cm³/mol. The molecule has 0 saturated carbocycles. The summed E-state index contributed by atoms with van der Waals surface area (Å²) in [5.74, 6) is 0. The molecule has 0 bridgehead atoms. The Morgan fingerprint density at radius 2 is 2.24 bits per heavy atom. The van der Waals surface area contributed by atoms with Gasteiger partial charge in [-0.2, -0.15) is 5.26 Å². The summed E-state index contributed by atoms with van der Waals surface area (Å²) < 4.78 is 25.9. The molecule has 0 aliphatic carbocycles. The first-order chi connectivity index (χ1) is 7.88. The molecule has 1 aromatic carbocycles. The minimum Gasteiger partial charge on any atom is -0.392 e. The lowest BCUT2D eigenvalue weighted by Crippen LogP contribution is -2.31. The van der Waals surface area contributed by atoms with E-state index in [1.54, 1.807) is 6.07 Å². The number of nitrogens with zero attached hydrogens (tertiary/aromatic N) is 1. The molecule has 2 N–H and O–H groups in total. The quantitative estimate of drug-likeness (QED) is 0.852. The highest BCUT2D eigenvalue weighted by Gasteiger charge is 2.20. The highest BCUT2D eigenvalue weighted by molar-refractivity contribution is 7.89. The number of nitriles is 1. The van der Waals surface area contributed by atoms with E-state index in [4.69, 9.17) is 22.0 Å². The van der Waals surface area contributed by atoms with E-state index in [-0.39, 0.29) is 22.0 Å². The van der Waals surface area contributed by atoms with Crippen LogP contribution in [0, 0.1) is 11.3 Å². The lowest BCUT2D eigenvalue weighted by atomic mass is 10.2. The molecule has 5 nitrogen and oxygen atoms in total. The Hall–Kier alpha value is -1.13. The number of hydrogen-bond acceptors (Lipinski definition) is 4. The van der Waals surface area contributed by atoms with Gasteiger partial charge in [0.1, 0.15) is 11.0 Å². The van der Waals surface area contributed by atoms with Crippen molar-refractivity contribution < 1.29 is 13.5 Å². The van der Waals surface area contributed by atoms with Crippen molar-refractivity contribution in [2.75, 3.05) is 6.54 Å². The summed E-state index contributed by atoms with van der Waals surface area (Å²) in [5.41, 5.74) is -0.104. The Labute approximate surface area is 105 Å². The number of rotatable bonds is 4. The molecular formula is C10H11ClN2O3S. The number of hydrogen-bond donors (Lipinski definition) is 2. The van der Waals surface area contributed by atoms with Crippen LogP contribution in [0.1, 0.15) is 12.5 Å². The van der Waals surface area contributed by atoms with Crippen LogP contribution in [0.5, 0.6) is 0 Å². The Morgan fingerprint density at radius 3 is 2.76 bits per heavy atom. The summed E-state index contributed by atoms with van der Waals surface area (Å²) in [6.07, 6.45) is -0.811. The molecule has 0 aliphatic heterocycles. The van der Waals surface area contributed by atoms with Crippen LogP contribution in [0.4, 0.5) is 0 Å². The number of benzene rings is 1. The number of sulfonamides is 1. The van der Waals surface area contributed by atoms with Gasteiger partial charge in [0.2, 0.25) is 10.0 Å². The largest absolute Gasteiger partial charge is 0.392 e. The van der Waals surface area contributed by atoms with E-state index >= 15 is 0 Å². The fourth-order valence-electron chi connectivity index (χ4n) is 1.14. The molecular weight excluding hydrogens is 264 g/mol. The molecule has 0 heterocycles. The van der Waals surface area contributed by atoms with E-state index < -0.39 is 16.1 Å². The van der Waals surface area contributed by atoms with Crippen LogP contribution in [-0.4, -0.2) is 26.2 Å². The summed E-state index contributed by atoms with van der Waals surface area (Å²) in [7, 11) is -3.84. The van der Waals surface area contributed by atoms with Crippen molar-refractivity contribution in [2.45, 2.75) is 17.9 Å². The van der Waals surface area contributed by atoms with E-state index in [0.29, 0.717) is 0 Å². The zero-order valence-corrected chi connectivity index (χ0v) is 10.6. The molecule has 1 aromatic rings. The molecule has 7 heteroatoms. The zero-order chi connectivity index (χ0) is 13.1. The van der Waals surface area contributed by atoms with Crippen molar-refractivity contribution in [3.05, 3.63) is 28.8 Å². The van der Waals surface area contributed by atoms with Gasteiger partial charge in [0.15, 0.2) is 0 Å². The monoisotopic (exact) mass is 274 g/mol. The Bertz CT molecular complexity index is 549. The highest BCUT2D eigenvalue weighted by Crippen LogP contribution is 2.22. The summed E-state index contributed by atoms with van der Waals surface area (Å²) >= 11 is 5.73. The number of aliphatic hydroxyl groups is 1. The van der Waals surface area contributed by atoms with Gasteiger partial charge in [-0.1, -0.05) is 17.7 Å². The lowest BCUT2D eigenvalue weighted by Gasteiger charge is -2.10. The van der Waals surface area contributed by atoms with Crippen molar-refractivity contribution in [3.63, 3.8) is 0 Å². The van der Waals surface area contributed by atoms with Crippen LogP contribution < -0.4 is 4.72 Å². The Balaban J connectivity index is 3.17. The highest BCUT2D eigenvalue weighted by atomic mass is 35.5. The molecule has 0 aromatic heterocycles. The van der Waals surface area contributed by atoms with Gasteiger partial charge < -0.3 is 5.11 Å². The van der Waals surface area contributed by atoms with Crippen LogP contribution in [0.2, 0.25) is 5.02 Å². The average Bonchev–Trinajstić information content (AvgIpc) is 2.26. The molecule has 1 rings (SSSR count). The van der Waals surface area contributed by atoms with Crippen LogP contribution in [0.3, 0.4) is 0 Å². The molecule has 0 radical (unpaired) electrons. The standard InChI is InChI=1S/C10H11ClN2O3S/c1-7(14)6-13-17(15,16)10-4-2-3-9(11)8(10)5-12/h2-4,7,13-14H,6H2,1H3. The Kier molecular flexibility index (Phi) is 4.48. The lowest BCUT2D eigenvalue weighted by molar-refractivity contribution is 0.198. The van der Waals surface area contributed by atoms with E-state index in [1.165, 1.54) is 25.1 Å². The van der Waals surface area contributed by atoms with E-state index in [0.717, 1.165) is 0 Å². The summed E-state index contributed by atoms with van der Waals surface area (Å²) in [6.45, 7) is 1.32. The minimum atomic E-state index is -3.84. The molecule has 0 spiro atoms. The fraction of sp³-hybridized carbons (Fsp3) is 0.300. The smallest absolute Gasteiger partial charge is 0.242 e. The van der Waals surface area contributed by atoms with Gasteiger partial charge in [0, 0.05) is 6.54 Å². The van der Waals surface area contributed by atoms with Crippen LogP contribution >= 0.6 is 11.6 Å². The van der Waals surface area contributed by atoms with Gasteiger partial charge in [0.25, 0.3) is 0 Å². The third-order valence-electron chi connectivity index (χ3n) is 1.95. The maximum Gasteiger partial charge on any atom is 0.242 e. The van der Waals surface area contributed by atoms with Gasteiger partial charge in [-0.25, -0.2) is 13.1 Å². The molecule has 0 aliphatic rings. The van der Waals surface area contributed by atoms with E-state index in [2.05, 4.69) is 4.72 Å². The fourth-order valence-corrected chi connectivity index (χ4v) is 2.72. The predicted octanol–water partition coefficient (Wildman–Crippen LogP) is 0.871. The van der Waals surface area contributed by atoms with Crippen molar-refractivity contribution in [1.82, 2.24) is 4.72 Å². The molecule has 0 amide bonds. The topological polar surface area (TPSA) is 90.2 Å². The second-order valence-electron chi connectivity index (χ2n) is 3.43. The maximum absolute atomic E-state index is 11.8. The third kappa shape index (κ3) is 3.41. The first kappa shape index (κ1) is 13.9. The van der Waals surface area contributed by atoms with Gasteiger partial charge >= 0.3 is 0 Å².